The van der Waals surface area contributed by atoms with Crippen LogP contribution in [0.5, 0.6) is 0 Å². The van der Waals surface area contributed by atoms with E-state index < -0.39 is 0 Å². The second-order valence-electron chi connectivity index (χ2n) is 8.48. The first-order valence-electron chi connectivity index (χ1n) is 10.1. The van der Waals surface area contributed by atoms with Crippen molar-refractivity contribution in [2.45, 2.75) is 46.1 Å². The standard InChI is InChI=1S/C24H32N2O/c1-17(2)20-10-12-22(13-11-20)25-24(27)23(21-8-6-5-7-9-21)26-15-18(3)14-19(4)16-26/h5-13,17-19,23H,14-16H2,1-4H3,(H,25,27)/t18-,19+,23-/m0/s1. The smallest absolute Gasteiger partial charge is 0.246 e. The molecule has 0 unspecified atom stereocenters. The van der Waals surface area contributed by atoms with E-state index in [-0.39, 0.29) is 11.9 Å². The predicted molar refractivity (Wildman–Crippen MR) is 113 cm³/mol. The van der Waals surface area contributed by atoms with Crippen LogP contribution in [0.25, 0.3) is 0 Å². The SMILES string of the molecule is CC(C)c1ccc(NC(=O)[C@H](c2ccccc2)N2C[C@H](C)C[C@H](C)C2)cc1. The lowest BCUT2D eigenvalue weighted by Gasteiger charge is -2.39. The lowest BCUT2D eigenvalue weighted by atomic mass is 9.89. The summed E-state index contributed by atoms with van der Waals surface area (Å²) in [4.78, 5) is 15.6. The molecule has 144 valence electrons. The molecule has 2 aromatic rings. The molecule has 3 nitrogen and oxygen atoms in total. The maximum absolute atomic E-state index is 13.3. The predicted octanol–water partition coefficient (Wildman–Crippen LogP) is 5.47. The molecule has 0 aliphatic carbocycles. The van der Waals surface area contributed by atoms with Gasteiger partial charge in [-0.05, 0) is 47.4 Å². The Kier molecular flexibility index (Phi) is 6.33. The Bertz CT molecular complexity index is 729. The van der Waals surface area contributed by atoms with Gasteiger partial charge in [-0.15, -0.1) is 0 Å². The van der Waals surface area contributed by atoms with Gasteiger partial charge in [0.1, 0.15) is 6.04 Å². The van der Waals surface area contributed by atoms with E-state index in [1.165, 1.54) is 12.0 Å². The minimum absolute atomic E-state index is 0.0554. The molecule has 0 spiro atoms. The molecule has 3 rings (SSSR count). The summed E-state index contributed by atoms with van der Waals surface area (Å²) in [7, 11) is 0. The average Bonchev–Trinajstić information content (AvgIpc) is 2.62. The monoisotopic (exact) mass is 364 g/mol. The van der Waals surface area contributed by atoms with Crippen LogP contribution in [0.1, 0.15) is 57.2 Å². The molecule has 0 bridgehead atoms. The number of hydrogen-bond donors (Lipinski definition) is 1. The van der Waals surface area contributed by atoms with E-state index in [4.69, 9.17) is 0 Å². The Hall–Kier alpha value is -2.13. The lowest BCUT2D eigenvalue weighted by molar-refractivity contribution is -0.122. The fourth-order valence-electron chi connectivity index (χ4n) is 4.25. The van der Waals surface area contributed by atoms with Gasteiger partial charge in [-0.2, -0.15) is 0 Å². The van der Waals surface area contributed by atoms with Crippen molar-refractivity contribution in [2.24, 2.45) is 11.8 Å². The van der Waals surface area contributed by atoms with Crippen LogP contribution < -0.4 is 5.32 Å². The second-order valence-corrected chi connectivity index (χ2v) is 8.48. The summed E-state index contributed by atoms with van der Waals surface area (Å²) in [6.07, 6.45) is 1.23. The molecule has 0 saturated carbocycles. The van der Waals surface area contributed by atoms with Gasteiger partial charge in [-0.3, -0.25) is 9.69 Å². The molecular weight excluding hydrogens is 332 g/mol. The van der Waals surface area contributed by atoms with Gasteiger partial charge in [-0.1, -0.05) is 70.2 Å². The highest BCUT2D eigenvalue weighted by molar-refractivity contribution is 5.95. The summed E-state index contributed by atoms with van der Waals surface area (Å²) in [5.41, 5.74) is 3.21. The highest BCUT2D eigenvalue weighted by atomic mass is 16.2. The van der Waals surface area contributed by atoms with Gasteiger partial charge in [0.25, 0.3) is 0 Å². The van der Waals surface area contributed by atoms with E-state index in [2.05, 4.69) is 62.2 Å². The molecule has 0 radical (unpaired) electrons. The van der Waals surface area contributed by atoms with Crippen LogP contribution in [0.2, 0.25) is 0 Å². The number of nitrogens with zero attached hydrogens (tertiary/aromatic N) is 1. The van der Waals surface area contributed by atoms with E-state index in [1.807, 2.05) is 30.3 Å². The van der Waals surface area contributed by atoms with Crippen LogP contribution in [0.15, 0.2) is 54.6 Å². The normalized spacial score (nSPS) is 21.8. The number of nitrogens with one attached hydrogen (secondary N) is 1. The van der Waals surface area contributed by atoms with Crippen molar-refractivity contribution in [3.05, 3.63) is 65.7 Å². The topological polar surface area (TPSA) is 32.3 Å². The summed E-state index contributed by atoms with van der Waals surface area (Å²) in [5.74, 6) is 1.76. The number of likely N-dealkylation sites (tertiary alicyclic amines) is 1. The number of hydrogen-bond acceptors (Lipinski definition) is 2. The summed E-state index contributed by atoms with van der Waals surface area (Å²) in [6, 6.07) is 18.1. The van der Waals surface area contributed by atoms with Crippen molar-refractivity contribution in [1.29, 1.82) is 0 Å². The van der Waals surface area contributed by atoms with Crippen molar-refractivity contribution >= 4 is 11.6 Å². The maximum atomic E-state index is 13.3. The summed E-state index contributed by atoms with van der Waals surface area (Å²) in [5, 5.41) is 3.15. The summed E-state index contributed by atoms with van der Waals surface area (Å²) >= 11 is 0. The molecule has 3 atom stereocenters. The Morgan fingerprint density at radius 3 is 2.07 bits per heavy atom. The quantitative estimate of drug-likeness (QED) is 0.763. The highest BCUT2D eigenvalue weighted by Crippen LogP contribution is 2.30. The fraction of sp³-hybridized carbons (Fsp3) is 0.458. The minimum atomic E-state index is -0.249. The molecule has 1 amide bonds. The van der Waals surface area contributed by atoms with E-state index in [0.29, 0.717) is 17.8 Å². The zero-order valence-electron chi connectivity index (χ0n) is 17.0. The van der Waals surface area contributed by atoms with Crippen molar-refractivity contribution in [1.82, 2.24) is 4.90 Å². The van der Waals surface area contributed by atoms with Gasteiger partial charge in [0.05, 0.1) is 0 Å². The van der Waals surface area contributed by atoms with Crippen LogP contribution in [-0.4, -0.2) is 23.9 Å². The van der Waals surface area contributed by atoms with Gasteiger partial charge in [0, 0.05) is 18.8 Å². The molecule has 27 heavy (non-hydrogen) atoms. The first-order valence-corrected chi connectivity index (χ1v) is 10.1. The van der Waals surface area contributed by atoms with E-state index in [1.54, 1.807) is 0 Å². The number of anilines is 1. The van der Waals surface area contributed by atoms with E-state index in [0.717, 1.165) is 24.3 Å². The van der Waals surface area contributed by atoms with Crippen LogP contribution >= 0.6 is 0 Å². The van der Waals surface area contributed by atoms with Crippen LogP contribution in [-0.2, 0) is 4.79 Å². The first-order chi connectivity index (χ1) is 12.9. The number of amides is 1. The minimum Gasteiger partial charge on any atom is -0.324 e. The van der Waals surface area contributed by atoms with Gasteiger partial charge < -0.3 is 5.32 Å². The maximum Gasteiger partial charge on any atom is 0.246 e. The van der Waals surface area contributed by atoms with Crippen molar-refractivity contribution in [3.63, 3.8) is 0 Å². The number of carbonyl (C=O) groups is 1. The number of rotatable bonds is 5. The Labute approximate surface area is 163 Å². The number of carbonyl (C=O) groups excluding carboxylic acids is 1. The van der Waals surface area contributed by atoms with Gasteiger partial charge in [0.2, 0.25) is 5.91 Å². The lowest BCUT2D eigenvalue weighted by Crippen LogP contribution is -2.45. The van der Waals surface area contributed by atoms with Crippen LogP contribution in [0.4, 0.5) is 5.69 Å². The average molecular weight is 365 g/mol. The second kappa shape index (κ2) is 8.71. The zero-order chi connectivity index (χ0) is 19.4. The van der Waals surface area contributed by atoms with Gasteiger partial charge in [0.15, 0.2) is 0 Å². The number of piperidine rings is 1. The molecule has 1 fully saturated rings. The molecule has 2 aromatic carbocycles. The zero-order valence-corrected chi connectivity index (χ0v) is 17.0. The van der Waals surface area contributed by atoms with Crippen LogP contribution in [0, 0.1) is 11.8 Å². The Balaban J connectivity index is 1.82. The van der Waals surface area contributed by atoms with E-state index in [9.17, 15) is 4.79 Å². The third-order valence-electron chi connectivity index (χ3n) is 5.47. The molecule has 1 aliphatic heterocycles. The fourth-order valence-corrected chi connectivity index (χ4v) is 4.25. The third kappa shape index (κ3) is 4.98. The number of benzene rings is 2. The largest absolute Gasteiger partial charge is 0.324 e. The van der Waals surface area contributed by atoms with Gasteiger partial charge in [-0.25, -0.2) is 0 Å². The molecule has 1 heterocycles. The molecule has 1 N–H and O–H groups in total. The van der Waals surface area contributed by atoms with Crippen molar-refractivity contribution in [2.75, 3.05) is 18.4 Å². The van der Waals surface area contributed by atoms with E-state index >= 15 is 0 Å². The molecular formula is C24H32N2O. The van der Waals surface area contributed by atoms with Crippen molar-refractivity contribution < 1.29 is 4.79 Å². The molecule has 3 heteroatoms. The highest BCUT2D eigenvalue weighted by Gasteiger charge is 2.32. The third-order valence-corrected chi connectivity index (χ3v) is 5.47. The molecule has 0 aromatic heterocycles. The first kappa shape index (κ1) is 19.6. The summed E-state index contributed by atoms with van der Waals surface area (Å²) < 4.78 is 0. The molecule has 1 aliphatic rings. The van der Waals surface area contributed by atoms with Gasteiger partial charge >= 0.3 is 0 Å². The van der Waals surface area contributed by atoms with Crippen molar-refractivity contribution in [3.8, 4) is 0 Å². The Morgan fingerprint density at radius 2 is 1.52 bits per heavy atom. The Morgan fingerprint density at radius 1 is 0.926 bits per heavy atom. The molecule has 1 saturated heterocycles. The van der Waals surface area contributed by atoms with Crippen LogP contribution in [0.3, 0.4) is 0 Å². The summed E-state index contributed by atoms with van der Waals surface area (Å²) in [6.45, 7) is 10.9.